The summed E-state index contributed by atoms with van der Waals surface area (Å²) in [7, 11) is 0. The molecule has 0 aromatic heterocycles. The van der Waals surface area contributed by atoms with Crippen molar-refractivity contribution >= 4 is 11.6 Å². The molecule has 4 heteroatoms. The number of benzene rings is 1. The number of rotatable bonds is 2. The molecule has 0 amide bonds. The van der Waals surface area contributed by atoms with Gasteiger partial charge in [0.2, 0.25) is 0 Å². The van der Waals surface area contributed by atoms with E-state index in [-0.39, 0.29) is 33.4 Å². The number of hydrogen-bond acceptors (Lipinski definition) is 4. The molecule has 0 saturated heterocycles. The molecule has 38 heavy (non-hydrogen) atoms. The Morgan fingerprint density at radius 1 is 0.632 bits per heavy atom. The zero-order valence-corrected chi connectivity index (χ0v) is 24.0. The van der Waals surface area contributed by atoms with Crippen LogP contribution in [-0.2, 0) is 9.47 Å². The second-order valence-corrected chi connectivity index (χ2v) is 13.1. The number of allylic oxidation sites excluding steroid dienone is 13. The average Bonchev–Trinajstić information content (AvgIpc) is 3.07. The lowest BCUT2D eigenvalue weighted by Crippen LogP contribution is -2.21. The van der Waals surface area contributed by atoms with Crippen LogP contribution in [0.5, 0.6) is 0 Å². The molecule has 2 aliphatic heterocycles. The van der Waals surface area contributed by atoms with Gasteiger partial charge >= 0.3 is 0 Å². The molecular weight excluding hydrogens is 472 g/mol. The summed E-state index contributed by atoms with van der Waals surface area (Å²) in [5, 5.41) is 0. The van der Waals surface area contributed by atoms with Crippen molar-refractivity contribution < 1.29 is 19.1 Å². The van der Waals surface area contributed by atoms with Gasteiger partial charge in [-0.3, -0.25) is 9.59 Å². The van der Waals surface area contributed by atoms with Gasteiger partial charge in [0.1, 0.15) is 23.0 Å². The standard InChI is InChI=1S/C34H38O4/c1-32(2,3)26-17-21(18-27(38-26)33(4,5)6)13-12-14-23-19-22(20-28(37-23)34(7,8)9)29-30(35)24-15-10-11-16-25(24)31(29)36/h10-20H,1-9H3/b14-12+. The Morgan fingerprint density at radius 2 is 1.11 bits per heavy atom. The highest BCUT2D eigenvalue weighted by molar-refractivity contribution is 6.40. The zero-order valence-electron chi connectivity index (χ0n) is 24.0. The lowest BCUT2D eigenvalue weighted by atomic mass is 9.87. The number of fused-ring (bicyclic) bond motifs is 1. The van der Waals surface area contributed by atoms with Crippen LogP contribution in [0.25, 0.3) is 0 Å². The number of ketones is 2. The smallest absolute Gasteiger partial charge is 0.198 e. The maximum atomic E-state index is 13.2. The van der Waals surface area contributed by atoms with Crippen molar-refractivity contribution in [1.82, 2.24) is 0 Å². The highest BCUT2D eigenvalue weighted by Crippen LogP contribution is 2.40. The van der Waals surface area contributed by atoms with E-state index in [2.05, 4.69) is 53.7 Å². The molecule has 4 rings (SSSR count). The predicted molar refractivity (Wildman–Crippen MR) is 152 cm³/mol. The molecule has 0 bridgehead atoms. The quantitative estimate of drug-likeness (QED) is 0.295. The maximum Gasteiger partial charge on any atom is 0.198 e. The van der Waals surface area contributed by atoms with Crippen LogP contribution >= 0.6 is 0 Å². The molecule has 0 atom stereocenters. The van der Waals surface area contributed by atoms with Gasteiger partial charge < -0.3 is 9.47 Å². The Hall–Kier alpha value is -3.66. The van der Waals surface area contributed by atoms with E-state index in [1.165, 1.54) is 0 Å². The van der Waals surface area contributed by atoms with E-state index in [4.69, 9.17) is 9.47 Å². The maximum absolute atomic E-state index is 13.2. The van der Waals surface area contributed by atoms with Gasteiger partial charge in [-0.2, -0.15) is 0 Å². The number of hydrogen-bond donors (Lipinski definition) is 0. The summed E-state index contributed by atoms with van der Waals surface area (Å²) in [5.74, 6) is 2.62. The van der Waals surface area contributed by atoms with E-state index in [0.717, 1.165) is 17.1 Å². The molecule has 198 valence electrons. The third-order valence-electron chi connectivity index (χ3n) is 6.55. The molecule has 4 nitrogen and oxygen atoms in total. The van der Waals surface area contributed by atoms with Gasteiger partial charge in [0.15, 0.2) is 11.6 Å². The van der Waals surface area contributed by atoms with Crippen LogP contribution < -0.4 is 0 Å². The van der Waals surface area contributed by atoms with Crippen molar-refractivity contribution in [3.63, 3.8) is 0 Å². The summed E-state index contributed by atoms with van der Waals surface area (Å²) < 4.78 is 12.5. The number of ether oxygens (including phenoxy) is 2. The fourth-order valence-electron chi connectivity index (χ4n) is 4.24. The second kappa shape index (κ2) is 9.58. The molecular formula is C34H38O4. The largest absolute Gasteiger partial charge is 0.465 e. The van der Waals surface area contributed by atoms with Gasteiger partial charge in [-0.05, 0) is 41.5 Å². The molecule has 1 aliphatic carbocycles. The summed E-state index contributed by atoms with van der Waals surface area (Å²) in [5.41, 5.74) is 2.13. The molecule has 1 aromatic carbocycles. The molecule has 3 aliphatic rings. The molecule has 0 unspecified atom stereocenters. The molecule has 0 fully saturated rings. The van der Waals surface area contributed by atoms with E-state index in [1.807, 2.05) is 45.1 Å². The van der Waals surface area contributed by atoms with Crippen LogP contribution in [0.4, 0.5) is 0 Å². The first kappa shape index (κ1) is 27.4. The zero-order chi connectivity index (χ0) is 28.0. The first-order valence-electron chi connectivity index (χ1n) is 13.1. The summed E-state index contributed by atoms with van der Waals surface area (Å²) in [6.45, 7) is 19.0. The average molecular weight is 511 g/mol. The summed E-state index contributed by atoms with van der Waals surface area (Å²) in [6.07, 6.45) is 13.6. The first-order chi connectivity index (χ1) is 17.6. The van der Waals surface area contributed by atoms with E-state index in [9.17, 15) is 9.59 Å². The van der Waals surface area contributed by atoms with Crippen molar-refractivity contribution in [2.45, 2.75) is 62.3 Å². The van der Waals surface area contributed by atoms with Gasteiger partial charge in [0, 0.05) is 27.4 Å². The SMILES string of the molecule is CC(C)(C)C1=CC(=C2C(=O)c3ccccc3C2=O)C=C(/C=C/C=C2C=C(C(C)(C)C)OC(C(C)(C)C)=C2)O1. The molecule has 0 saturated carbocycles. The van der Waals surface area contributed by atoms with E-state index in [1.54, 1.807) is 30.3 Å². The van der Waals surface area contributed by atoms with Crippen LogP contribution in [0.3, 0.4) is 0 Å². The minimum atomic E-state index is -0.315. The molecule has 0 N–H and O–H groups in total. The van der Waals surface area contributed by atoms with E-state index < -0.39 is 0 Å². The number of carbonyl (C=O) groups excluding carboxylic acids is 2. The van der Waals surface area contributed by atoms with Crippen LogP contribution in [0, 0.1) is 16.2 Å². The fourth-order valence-corrected chi connectivity index (χ4v) is 4.24. The van der Waals surface area contributed by atoms with Gasteiger partial charge in [0.05, 0.1) is 5.57 Å². The van der Waals surface area contributed by atoms with Crippen LogP contribution in [0.15, 0.2) is 107 Å². The van der Waals surface area contributed by atoms with Crippen molar-refractivity contribution in [3.8, 4) is 0 Å². The first-order valence-corrected chi connectivity index (χ1v) is 13.1. The Balaban J connectivity index is 1.74. The highest BCUT2D eigenvalue weighted by atomic mass is 16.5. The predicted octanol–water partition coefficient (Wildman–Crippen LogP) is 8.58. The minimum absolute atomic E-state index is 0.131. The number of carbonyl (C=O) groups is 2. The molecule has 2 heterocycles. The second-order valence-electron chi connectivity index (χ2n) is 13.1. The Morgan fingerprint density at radius 3 is 1.58 bits per heavy atom. The van der Waals surface area contributed by atoms with Crippen molar-refractivity contribution in [2.24, 2.45) is 16.2 Å². The Labute approximate surface area is 226 Å². The van der Waals surface area contributed by atoms with Crippen molar-refractivity contribution in [2.75, 3.05) is 0 Å². The summed E-state index contributed by atoms with van der Waals surface area (Å²) in [4.78, 5) is 26.4. The van der Waals surface area contributed by atoms with Crippen LogP contribution in [-0.4, -0.2) is 11.6 Å². The van der Waals surface area contributed by atoms with Crippen molar-refractivity contribution in [1.29, 1.82) is 0 Å². The van der Waals surface area contributed by atoms with Crippen molar-refractivity contribution in [3.05, 3.63) is 118 Å². The third kappa shape index (κ3) is 5.60. The highest BCUT2D eigenvalue weighted by Gasteiger charge is 2.36. The van der Waals surface area contributed by atoms with E-state index in [0.29, 0.717) is 28.2 Å². The minimum Gasteiger partial charge on any atom is -0.465 e. The molecule has 0 spiro atoms. The third-order valence-corrected chi connectivity index (χ3v) is 6.55. The van der Waals surface area contributed by atoms with Gasteiger partial charge in [-0.1, -0.05) is 98.7 Å². The molecule has 1 aromatic rings. The lowest BCUT2D eigenvalue weighted by molar-refractivity contribution is 0.0987. The molecule has 0 radical (unpaired) electrons. The summed E-state index contributed by atoms with van der Waals surface area (Å²) >= 11 is 0. The van der Waals surface area contributed by atoms with Gasteiger partial charge in [-0.25, -0.2) is 0 Å². The van der Waals surface area contributed by atoms with Gasteiger partial charge in [0.25, 0.3) is 0 Å². The van der Waals surface area contributed by atoms with Gasteiger partial charge in [-0.15, -0.1) is 0 Å². The fraction of sp³-hybridized carbons (Fsp3) is 0.353. The van der Waals surface area contributed by atoms with Crippen LogP contribution in [0.1, 0.15) is 83.0 Å². The topological polar surface area (TPSA) is 52.6 Å². The Kier molecular flexibility index (Phi) is 6.90. The van der Waals surface area contributed by atoms with Crippen LogP contribution in [0.2, 0.25) is 0 Å². The summed E-state index contributed by atoms with van der Waals surface area (Å²) in [6, 6.07) is 6.98. The normalized spacial score (nSPS) is 18.5. The Bertz CT molecular complexity index is 1340. The van der Waals surface area contributed by atoms with E-state index >= 15 is 0 Å². The lowest BCUT2D eigenvalue weighted by Gasteiger charge is -2.32. The number of Topliss-reactive ketones (excluding diaryl/α,β-unsaturated/α-hetero) is 2. The monoisotopic (exact) mass is 510 g/mol.